The van der Waals surface area contributed by atoms with Crippen molar-refractivity contribution in [1.29, 1.82) is 0 Å². The largest absolute Gasteiger partial charge is 0.444 e. The van der Waals surface area contributed by atoms with Crippen molar-refractivity contribution in [3.63, 3.8) is 0 Å². The van der Waals surface area contributed by atoms with Crippen LogP contribution in [0.1, 0.15) is 50.4 Å². The molecule has 0 bridgehead atoms. The van der Waals surface area contributed by atoms with Crippen LogP contribution in [0.25, 0.3) is 11.0 Å². The Labute approximate surface area is 209 Å². The molecule has 0 spiro atoms. The summed E-state index contributed by atoms with van der Waals surface area (Å²) in [5, 5.41) is 4.45. The van der Waals surface area contributed by atoms with Gasteiger partial charge in [-0.2, -0.15) is 0 Å². The van der Waals surface area contributed by atoms with Crippen molar-refractivity contribution in [2.75, 3.05) is 25.0 Å². The van der Waals surface area contributed by atoms with Gasteiger partial charge >= 0.3 is 6.09 Å². The highest BCUT2D eigenvalue weighted by molar-refractivity contribution is 6.76. The molecule has 0 radical (unpaired) electrons. The van der Waals surface area contributed by atoms with E-state index in [-0.39, 0.29) is 23.8 Å². The van der Waals surface area contributed by atoms with E-state index >= 15 is 0 Å². The molecule has 9 heteroatoms. The van der Waals surface area contributed by atoms with Crippen LogP contribution in [-0.4, -0.2) is 65.7 Å². The number of ketones is 1. The summed E-state index contributed by atoms with van der Waals surface area (Å²) in [7, 11) is -1.18. The van der Waals surface area contributed by atoms with Gasteiger partial charge in [0.05, 0.1) is 5.39 Å². The lowest BCUT2D eigenvalue weighted by atomic mass is 10.1. The first-order valence-electron chi connectivity index (χ1n) is 12.8. The van der Waals surface area contributed by atoms with Gasteiger partial charge in [0.15, 0.2) is 5.78 Å². The quantitative estimate of drug-likeness (QED) is 0.283. The number of fused-ring (bicyclic) bond motifs is 1. The maximum Gasteiger partial charge on any atom is 0.410 e. The van der Waals surface area contributed by atoms with Crippen molar-refractivity contribution < 1.29 is 19.1 Å². The van der Waals surface area contributed by atoms with Crippen molar-refractivity contribution >= 4 is 36.7 Å². The molecule has 3 heterocycles. The standard InChI is InChI=1S/C26H40N4O4Si/c1-26(2,3)34-25(32)29-12-10-19(15-29)28-21-9-11-27-24-22(21)20(23(31)18-7-8-18)16-30(24)17-33-13-14-35(4,5)6/h9,11,16,18-19H,7-8,10,12-15,17H2,1-6H3,(H,27,28)/t19-/m1/s1. The summed E-state index contributed by atoms with van der Waals surface area (Å²) >= 11 is 0. The second-order valence-corrected chi connectivity index (χ2v) is 17.7. The van der Waals surface area contributed by atoms with Crippen LogP contribution in [0.15, 0.2) is 18.5 Å². The first-order chi connectivity index (χ1) is 16.4. The molecular formula is C26H40N4O4Si. The minimum Gasteiger partial charge on any atom is -0.444 e. The van der Waals surface area contributed by atoms with Gasteiger partial charge < -0.3 is 24.3 Å². The number of rotatable bonds is 9. The van der Waals surface area contributed by atoms with Crippen LogP contribution in [0.2, 0.25) is 25.7 Å². The van der Waals surface area contributed by atoms with Crippen molar-refractivity contribution in [1.82, 2.24) is 14.5 Å². The Morgan fingerprint density at radius 3 is 2.60 bits per heavy atom. The highest BCUT2D eigenvalue weighted by Crippen LogP contribution is 2.37. The average molecular weight is 501 g/mol. The number of carbonyl (C=O) groups excluding carboxylic acids is 2. The van der Waals surface area contributed by atoms with E-state index < -0.39 is 13.7 Å². The number of nitrogens with zero attached hydrogens (tertiary/aromatic N) is 3. The molecule has 192 valence electrons. The molecule has 1 aliphatic carbocycles. The van der Waals surface area contributed by atoms with Crippen LogP contribution >= 0.6 is 0 Å². The molecule has 4 rings (SSSR count). The Hall–Kier alpha value is -2.39. The zero-order valence-electron chi connectivity index (χ0n) is 22.0. The molecule has 1 saturated heterocycles. The van der Waals surface area contributed by atoms with Crippen molar-refractivity contribution in [2.24, 2.45) is 5.92 Å². The highest BCUT2D eigenvalue weighted by Gasteiger charge is 2.34. The number of likely N-dealkylation sites (tertiary alicyclic amines) is 1. The third-order valence-electron chi connectivity index (χ3n) is 6.40. The monoisotopic (exact) mass is 500 g/mol. The normalized spacial score (nSPS) is 18.8. The molecule has 0 aromatic carbocycles. The van der Waals surface area contributed by atoms with Crippen molar-refractivity contribution in [2.45, 2.75) is 84.1 Å². The van der Waals surface area contributed by atoms with Gasteiger partial charge in [-0.25, -0.2) is 9.78 Å². The number of hydrogen-bond acceptors (Lipinski definition) is 6. The Bertz CT molecular complexity index is 1080. The Morgan fingerprint density at radius 2 is 1.94 bits per heavy atom. The Kier molecular flexibility index (Phi) is 7.29. The predicted molar refractivity (Wildman–Crippen MR) is 141 cm³/mol. The maximum atomic E-state index is 13.2. The third-order valence-corrected chi connectivity index (χ3v) is 8.10. The summed E-state index contributed by atoms with van der Waals surface area (Å²) in [6.07, 6.45) is 6.13. The van der Waals surface area contributed by atoms with Gasteiger partial charge in [-0.3, -0.25) is 4.79 Å². The first-order valence-corrected chi connectivity index (χ1v) is 16.5. The molecular weight excluding hydrogens is 460 g/mol. The number of anilines is 1. The lowest BCUT2D eigenvalue weighted by molar-refractivity contribution is 0.0293. The van der Waals surface area contributed by atoms with Crippen LogP contribution in [0.4, 0.5) is 10.5 Å². The summed E-state index contributed by atoms with van der Waals surface area (Å²) in [4.78, 5) is 32.0. The summed E-state index contributed by atoms with van der Waals surface area (Å²) < 4.78 is 13.5. The van der Waals surface area contributed by atoms with Crippen LogP contribution in [0.5, 0.6) is 0 Å². The first kappa shape index (κ1) is 25.7. The molecule has 2 aromatic heterocycles. The molecule has 35 heavy (non-hydrogen) atoms. The van der Waals surface area contributed by atoms with E-state index in [0.717, 1.165) is 42.0 Å². The van der Waals surface area contributed by atoms with Crippen LogP contribution in [0, 0.1) is 5.92 Å². The van der Waals surface area contributed by atoms with Gasteiger partial charge in [0.1, 0.15) is 18.0 Å². The van der Waals surface area contributed by atoms with E-state index in [1.807, 2.05) is 37.6 Å². The third kappa shape index (κ3) is 6.64. The van der Waals surface area contributed by atoms with Crippen molar-refractivity contribution in [3.8, 4) is 0 Å². The van der Waals surface area contributed by atoms with E-state index in [4.69, 9.17) is 9.47 Å². The lowest BCUT2D eigenvalue weighted by Crippen LogP contribution is -2.36. The van der Waals surface area contributed by atoms with Gasteiger partial charge in [0.2, 0.25) is 0 Å². The van der Waals surface area contributed by atoms with Crippen LogP contribution in [0.3, 0.4) is 0 Å². The second kappa shape index (κ2) is 9.93. The fraction of sp³-hybridized carbons (Fsp3) is 0.654. The van der Waals surface area contributed by atoms with E-state index in [2.05, 4.69) is 29.9 Å². The zero-order chi connectivity index (χ0) is 25.4. The molecule has 1 atom stereocenters. The summed E-state index contributed by atoms with van der Waals surface area (Å²) in [5.41, 5.74) is 1.84. The number of amides is 1. The summed E-state index contributed by atoms with van der Waals surface area (Å²) in [6.45, 7) is 14.9. The molecule has 8 nitrogen and oxygen atoms in total. The van der Waals surface area contributed by atoms with E-state index in [9.17, 15) is 9.59 Å². The maximum absolute atomic E-state index is 13.2. The Morgan fingerprint density at radius 1 is 1.20 bits per heavy atom. The van der Waals surface area contributed by atoms with Gasteiger partial charge in [-0.15, -0.1) is 0 Å². The lowest BCUT2D eigenvalue weighted by Gasteiger charge is -2.24. The second-order valence-electron chi connectivity index (χ2n) is 12.1. The molecule has 1 aliphatic heterocycles. The van der Waals surface area contributed by atoms with Crippen LogP contribution in [-0.2, 0) is 16.2 Å². The SMILES string of the molecule is CC(C)(C)OC(=O)N1CC[C@@H](Nc2ccnc3c2c(C(=O)C2CC2)cn3COCC[Si](C)(C)C)C1. The van der Waals surface area contributed by atoms with E-state index in [0.29, 0.717) is 32.0 Å². The molecule has 1 N–H and O–H groups in total. The summed E-state index contributed by atoms with van der Waals surface area (Å²) in [5.74, 6) is 0.303. The minimum atomic E-state index is -1.18. The van der Waals surface area contributed by atoms with Gasteiger partial charge in [0, 0.05) is 63.4 Å². The van der Waals surface area contributed by atoms with Crippen molar-refractivity contribution in [3.05, 3.63) is 24.0 Å². The van der Waals surface area contributed by atoms with E-state index in [1.165, 1.54) is 0 Å². The van der Waals surface area contributed by atoms with Gasteiger partial charge in [-0.05, 0) is 52.1 Å². The Balaban J connectivity index is 1.53. The number of ether oxygens (including phenoxy) is 2. The molecule has 1 saturated carbocycles. The van der Waals surface area contributed by atoms with Gasteiger partial charge in [-0.1, -0.05) is 19.6 Å². The molecule has 2 aromatic rings. The number of Topliss-reactive ketones (excluding diaryl/α,β-unsaturated/α-hetero) is 1. The topological polar surface area (TPSA) is 85.7 Å². The number of pyridine rings is 1. The molecule has 2 fully saturated rings. The van der Waals surface area contributed by atoms with Crippen LogP contribution < -0.4 is 5.32 Å². The number of carbonyl (C=O) groups is 2. The molecule has 0 unspecified atom stereocenters. The fourth-order valence-corrected chi connectivity index (χ4v) is 5.07. The van der Waals surface area contributed by atoms with E-state index in [1.54, 1.807) is 11.1 Å². The number of hydrogen-bond donors (Lipinski definition) is 1. The molecule has 2 aliphatic rings. The predicted octanol–water partition coefficient (Wildman–Crippen LogP) is 5.36. The summed E-state index contributed by atoms with van der Waals surface area (Å²) in [6, 6.07) is 3.10. The minimum absolute atomic E-state index is 0.0772. The molecule has 1 amide bonds. The zero-order valence-corrected chi connectivity index (χ0v) is 23.0. The van der Waals surface area contributed by atoms with Gasteiger partial charge in [0.25, 0.3) is 0 Å². The number of aromatic nitrogens is 2. The number of nitrogens with one attached hydrogen (secondary N) is 1. The average Bonchev–Trinajstić information content (AvgIpc) is 3.38. The highest BCUT2D eigenvalue weighted by atomic mass is 28.3. The smallest absolute Gasteiger partial charge is 0.410 e. The fourth-order valence-electron chi connectivity index (χ4n) is 4.32.